The minimum atomic E-state index is -0.318. The molecule has 0 atom stereocenters. The molecule has 0 unspecified atom stereocenters. The van der Waals surface area contributed by atoms with Crippen LogP contribution in [-0.4, -0.2) is 31.7 Å². The molecule has 0 radical (unpaired) electrons. The first-order valence-corrected chi connectivity index (χ1v) is 9.26. The summed E-state index contributed by atoms with van der Waals surface area (Å²) in [5.41, 5.74) is 6.40. The normalized spacial score (nSPS) is 10.5. The van der Waals surface area contributed by atoms with Crippen LogP contribution in [0.2, 0.25) is 0 Å². The smallest absolute Gasteiger partial charge is 0.232 e. The molecule has 2 aromatic heterocycles. The Kier molecular flexibility index (Phi) is 5.92. The number of nitrogen functional groups attached to an aromatic ring is 1. The lowest BCUT2D eigenvalue weighted by atomic mass is 10.3. The fourth-order valence-corrected chi connectivity index (χ4v) is 3.46. The SMILES string of the molecule is C=CCNc1nnc(SCc2nc(N)nc(Nc3ccc(F)cc3)n2)s1. The number of thioether (sulfide) groups is 1. The molecule has 0 fully saturated rings. The number of hydrogen-bond acceptors (Lipinski definition) is 10. The summed E-state index contributed by atoms with van der Waals surface area (Å²) in [5.74, 6) is 1.04. The van der Waals surface area contributed by atoms with Crippen LogP contribution in [-0.2, 0) is 5.75 Å². The molecule has 0 aliphatic rings. The van der Waals surface area contributed by atoms with Crippen molar-refractivity contribution in [3.05, 3.63) is 48.6 Å². The zero-order valence-electron chi connectivity index (χ0n) is 13.5. The zero-order chi connectivity index (χ0) is 18.4. The van der Waals surface area contributed by atoms with E-state index in [1.807, 2.05) is 0 Å². The standard InChI is InChI=1S/C15H15FN8S2/c1-2-7-18-14-23-24-15(26-14)25-8-11-20-12(17)22-13(21-11)19-10-5-3-9(16)4-6-10/h2-6H,1,7-8H2,(H,18,23)(H3,17,19,20,21,22). The molecule has 3 rings (SSSR count). The van der Waals surface area contributed by atoms with Crippen molar-refractivity contribution in [3.8, 4) is 0 Å². The molecule has 0 bridgehead atoms. The molecule has 26 heavy (non-hydrogen) atoms. The molecule has 8 nitrogen and oxygen atoms in total. The van der Waals surface area contributed by atoms with Gasteiger partial charge in [0.15, 0.2) is 4.34 Å². The van der Waals surface area contributed by atoms with Gasteiger partial charge in [-0.2, -0.15) is 15.0 Å². The van der Waals surface area contributed by atoms with Gasteiger partial charge in [0.1, 0.15) is 11.6 Å². The van der Waals surface area contributed by atoms with E-state index >= 15 is 0 Å². The van der Waals surface area contributed by atoms with Crippen molar-refractivity contribution in [2.24, 2.45) is 0 Å². The summed E-state index contributed by atoms with van der Waals surface area (Å²) in [7, 11) is 0. The van der Waals surface area contributed by atoms with Crippen LogP contribution in [0.5, 0.6) is 0 Å². The highest BCUT2D eigenvalue weighted by molar-refractivity contribution is 8.00. The van der Waals surface area contributed by atoms with Crippen molar-refractivity contribution in [3.63, 3.8) is 0 Å². The molecule has 0 spiro atoms. The molecule has 0 saturated heterocycles. The predicted octanol–water partition coefficient (Wildman–Crippen LogP) is 3.08. The summed E-state index contributed by atoms with van der Waals surface area (Å²) in [4.78, 5) is 12.5. The van der Waals surface area contributed by atoms with Crippen LogP contribution >= 0.6 is 23.1 Å². The van der Waals surface area contributed by atoms with Gasteiger partial charge in [-0.25, -0.2) is 4.39 Å². The van der Waals surface area contributed by atoms with E-state index in [4.69, 9.17) is 5.73 Å². The third kappa shape index (κ3) is 5.10. The second kappa shape index (κ2) is 8.54. The lowest BCUT2D eigenvalue weighted by Gasteiger charge is -2.06. The van der Waals surface area contributed by atoms with Crippen molar-refractivity contribution in [1.82, 2.24) is 25.1 Å². The molecule has 0 amide bonds. The largest absolute Gasteiger partial charge is 0.368 e. The molecule has 1 aromatic carbocycles. The first kappa shape index (κ1) is 18.0. The molecular weight excluding hydrogens is 375 g/mol. The van der Waals surface area contributed by atoms with Crippen molar-refractivity contribution in [1.29, 1.82) is 0 Å². The topological polar surface area (TPSA) is 115 Å². The van der Waals surface area contributed by atoms with Crippen LogP contribution < -0.4 is 16.4 Å². The summed E-state index contributed by atoms with van der Waals surface area (Å²) in [6.07, 6.45) is 1.75. The van der Waals surface area contributed by atoms with Gasteiger partial charge in [-0.15, -0.1) is 16.8 Å². The number of aromatic nitrogens is 5. The van der Waals surface area contributed by atoms with Crippen LogP contribution in [0.25, 0.3) is 0 Å². The quantitative estimate of drug-likeness (QED) is 0.394. The molecule has 2 heterocycles. The van der Waals surface area contributed by atoms with Gasteiger partial charge in [-0.1, -0.05) is 29.2 Å². The number of rotatable bonds is 8. The average molecular weight is 390 g/mol. The molecule has 3 aromatic rings. The maximum absolute atomic E-state index is 13.0. The van der Waals surface area contributed by atoms with Gasteiger partial charge in [0.25, 0.3) is 0 Å². The molecule has 0 aliphatic carbocycles. The Morgan fingerprint density at radius 2 is 2.00 bits per heavy atom. The van der Waals surface area contributed by atoms with Gasteiger partial charge in [-0.3, -0.25) is 0 Å². The van der Waals surface area contributed by atoms with E-state index < -0.39 is 0 Å². The van der Waals surface area contributed by atoms with Gasteiger partial charge in [0.05, 0.1) is 5.75 Å². The third-order valence-electron chi connectivity index (χ3n) is 2.93. The van der Waals surface area contributed by atoms with Gasteiger partial charge >= 0.3 is 0 Å². The average Bonchev–Trinajstić information content (AvgIpc) is 3.08. The molecule has 134 valence electrons. The summed E-state index contributed by atoms with van der Waals surface area (Å²) in [6, 6.07) is 5.86. The Balaban J connectivity index is 1.64. The van der Waals surface area contributed by atoms with Gasteiger partial charge in [-0.05, 0) is 24.3 Å². The van der Waals surface area contributed by atoms with Crippen molar-refractivity contribution in [2.45, 2.75) is 10.1 Å². The first-order chi connectivity index (χ1) is 12.6. The van der Waals surface area contributed by atoms with E-state index in [2.05, 4.69) is 42.4 Å². The number of anilines is 4. The highest BCUT2D eigenvalue weighted by Crippen LogP contribution is 2.27. The molecule has 11 heteroatoms. The minimum Gasteiger partial charge on any atom is -0.368 e. The maximum atomic E-state index is 13.0. The molecule has 0 saturated carbocycles. The van der Waals surface area contributed by atoms with E-state index in [-0.39, 0.29) is 11.8 Å². The lowest BCUT2D eigenvalue weighted by Crippen LogP contribution is -2.06. The molecule has 0 aliphatic heterocycles. The number of nitrogens with two attached hydrogens (primary N) is 1. The fourth-order valence-electron chi connectivity index (χ4n) is 1.85. The minimum absolute atomic E-state index is 0.103. The highest BCUT2D eigenvalue weighted by Gasteiger charge is 2.09. The lowest BCUT2D eigenvalue weighted by molar-refractivity contribution is 0.628. The third-order valence-corrected chi connectivity index (χ3v) is 4.94. The Hall–Kier alpha value is -2.79. The van der Waals surface area contributed by atoms with Crippen LogP contribution in [0.15, 0.2) is 41.3 Å². The number of hydrogen-bond donors (Lipinski definition) is 3. The number of benzene rings is 1. The zero-order valence-corrected chi connectivity index (χ0v) is 15.1. The number of nitrogens with zero attached hydrogens (tertiary/aromatic N) is 5. The van der Waals surface area contributed by atoms with Gasteiger partial charge in [0.2, 0.25) is 17.0 Å². The predicted molar refractivity (Wildman–Crippen MR) is 102 cm³/mol. The highest BCUT2D eigenvalue weighted by atomic mass is 32.2. The van der Waals surface area contributed by atoms with Crippen LogP contribution in [0.4, 0.5) is 27.1 Å². The van der Waals surface area contributed by atoms with Gasteiger partial charge < -0.3 is 16.4 Å². The Bertz CT molecular complexity index is 884. The molecular formula is C15H15FN8S2. The second-order valence-corrected chi connectivity index (χ2v) is 7.10. The summed E-state index contributed by atoms with van der Waals surface area (Å²) in [6.45, 7) is 4.27. The van der Waals surface area contributed by atoms with E-state index in [9.17, 15) is 4.39 Å². The van der Waals surface area contributed by atoms with Crippen LogP contribution in [0, 0.1) is 5.82 Å². The molecule has 4 N–H and O–H groups in total. The Morgan fingerprint density at radius 3 is 2.77 bits per heavy atom. The van der Waals surface area contributed by atoms with Crippen LogP contribution in [0.3, 0.4) is 0 Å². The maximum Gasteiger partial charge on any atom is 0.232 e. The fraction of sp³-hybridized carbons (Fsp3) is 0.133. The Morgan fingerprint density at radius 1 is 1.19 bits per heavy atom. The summed E-state index contributed by atoms with van der Waals surface area (Å²) >= 11 is 2.88. The van der Waals surface area contributed by atoms with E-state index in [1.165, 1.54) is 35.2 Å². The number of halogens is 1. The number of nitrogens with one attached hydrogen (secondary N) is 2. The second-order valence-electron chi connectivity index (χ2n) is 4.90. The van der Waals surface area contributed by atoms with E-state index in [1.54, 1.807) is 18.2 Å². The first-order valence-electron chi connectivity index (χ1n) is 7.46. The monoisotopic (exact) mass is 390 g/mol. The van der Waals surface area contributed by atoms with Crippen LogP contribution in [0.1, 0.15) is 5.82 Å². The van der Waals surface area contributed by atoms with Gasteiger partial charge in [0, 0.05) is 12.2 Å². The summed E-state index contributed by atoms with van der Waals surface area (Å²) < 4.78 is 13.8. The van der Waals surface area contributed by atoms with Crippen molar-refractivity contribution < 1.29 is 4.39 Å². The van der Waals surface area contributed by atoms with E-state index in [0.717, 1.165) is 9.47 Å². The Labute approximate surface area is 157 Å². The summed E-state index contributed by atoms with van der Waals surface area (Å²) in [5, 5.41) is 14.9. The van der Waals surface area contributed by atoms with Crippen molar-refractivity contribution in [2.75, 3.05) is 22.9 Å². The van der Waals surface area contributed by atoms with Crippen molar-refractivity contribution >= 4 is 45.8 Å². The van der Waals surface area contributed by atoms with E-state index in [0.29, 0.717) is 29.8 Å².